The van der Waals surface area contributed by atoms with Crippen LogP contribution in [0.1, 0.15) is 13.8 Å². The molecule has 4 nitrogen and oxygen atoms in total. The van der Waals surface area contributed by atoms with E-state index in [4.69, 9.17) is 5.41 Å². The predicted molar refractivity (Wildman–Crippen MR) is 35.3 cm³/mol. The third kappa shape index (κ3) is 45.0. The molecule has 0 aliphatic heterocycles. The fourth-order valence-electron chi connectivity index (χ4n) is 0.203. The van der Waals surface area contributed by atoms with E-state index in [2.05, 4.69) is 10.5 Å². The normalized spacial score (nSPS) is 6.44. The van der Waals surface area contributed by atoms with Crippen molar-refractivity contribution in [3.05, 3.63) is 0 Å². The van der Waals surface area contributed by atoms with Crippen LogP contribution in [0.5, 0.6) is 0 Å². The van der Waals surface area contributed by atoms with Crippen LogP contribution >= 0.6 is 0 Å². The monoisotopic (exact) mass is 132 g/mol. The topological polar surface area (TPSA) is 76.2 Å². The van der Waals surface area contributed by atoms with Crippen molar-refractivity contribution in [2.75, 3.05) is 6.61 Å². The van der Waals surface area contributed by atoms with E-state index in [1.165, 1.54) is 6.92 Å². The minimum atomic E-state index is -0.211. The lowest BCUT2D eigenvalue weighted by Gasteiger charge is -1.89. The quantitative estimate of drug-likeness (QED) is 0.302. The van der Waals surface area contributed by atoms with Gasteiger partial charge in [-0.25, -0.2) is 0 Å². The van der Waals surface area contributed by atoms with Crippen molar-refractivity contribution in [1.82, 2.24) is 0 Å². The lowest BCUT2D eigenvalue weighted by molar-refractivity contribution is -0.140. The van der Waals surface area contributed by atoms with Gasteiger partial charge in [0.15, 0.2) is 0 Å². The lowest BCUT2D eigenvalue weighted by Crippen LogP contribution is -1.95. The molecule has 0 fully saturated rings. The summed E-state index contributed by atoms with van der Waals surface area (Å²) in [4.78, 5) is 9.82. The van der Waals surface area contributed by atoms with Gasteiger partial charge < -0.3 is 10.5 Å². The van der Waals surface area contributed by atoms with E-state index in [1.807, 2.05) is 0 Å². The largest absolute Gasteiger partial charge is 0.466 e. The highest BCUT2D eigenvalue weighted by Crippen LogP contribution is 1.69. The highest BCUT2D eigenvalue weighted by Gasteiger charge is 1.81. The molecule has 54 valence electrons. The Morgan fingerprint density at radius 1 is 1.89 bits per heavy atom. The molecule has 0 bridgehead atoms. The summed E-state index contributed by atoms with van der Waals surface area (Å²) in [6.07, 6.45) is 0.750. The van der Waals surface area contributed by atoms with Crippen LogP contribution in [0.4, 0.5) is 0 Å². The van der Waals surface area contributed by atoms with Crippen molar-refractivity contribution < 1.29 is 9.53 Å². The van der Waals surface area contributed by atoms with Crippen molar-refractivity contribution in [1.29, 1.82) is 5.41 Å². The second kappa shape index (κ2) is 10.0. The highest BCUT2D eigenvalue weighted by molar-refractivity contribution is 5.65. The van der Waals surface area contributed by atoms with Gasteiger partial charge in [0.1, 0.15) is 0 Å². The van der Waals surface area contributed by atoms with E-state index in [9.17, 15) is 4.79 Å². The highest BCUT2D eigenvalue weighted by atomic mass is 16.5. The Morgan fingerprint density at radius 2 is 2.22 bits per heavy atom. The van der Waals surface area contributed by atoms with E-state index in [0.29, 0.717) is 6.61 Å². The molecule has 0 aromatic carbocycles. The average molecular weight is 132 g/mol. The summed E-state index contributed by atoms with van der Waals surface area (Å²) in [5.74, 6) is -0.211. The number of nitrogens with two attached hydrogens (primary N) is 1. The van der Waals surface area contributed by atoms with Crippen molar-refractivity contribution in [2.24, 2.45) is 5.73 Å². The minimum absolute atomic E-state index is 0.211. The number of rotatable bonds is 1. The summed E-state index contributed by atoms with van der Waals surface area (Å²) in [5, 5.41) is 5.86. The number of hydrogen-bond acceptors (Lipinski definition) is 3. The number of esters is 1. The smallest absolute Gasteiger partial charge is 0.302 e. The van der Waals surface area contributed by atoms with Crippen molar-refractivity contribution in [2.45, 2.75) is 13.8 Å². The number of ether oxygens (including phenoxy) is 1. The Bertz CT molecular complexity index is 83.0. The fraction of sp³-hybridized carbons (Fsp3) is 0.600. The van der Waals surface area contributed by atoms with Gasteiger partial charge in [-0.3, -0.25) is 10.2 Å². The van der Waals surface area contributed by atoms with Crippen molar-refractivity contribution >= 4 is 12.3 Å². The molecule has 0 unspecified atom stereocenters. The van der Waals surface area contributed by atoms with Gasteiger partial charge in [0.05, 0.1) is 12.9 Å². The molecular weight excluding hydrogens is 120 g/mol. The first-order chi connectivity index (χ1) is 4.18. The molecule has 0 heterocycles. The van der Waals surface area contributed by atoms with Gasteiger partial charge in [0.2, 0.25) is 0 Å². The Morgan fingerprint density at radius 3 is 2.22 bits per heavy atom. The molecule has 0 amide bonds. The molecular formula is C5H12N2O2. The molecule has 9 heavy (non-hydrogen) atoms. The van der Waals surface area contributed by atoms with Gasteiger partial charge in [0.25, 0.3) is 0 Å². The maximum atomic E-state index is 9.82. The maximum absolute atomic E-state index is 9.82. The Labute approximate surface area is 54.5 Å². The molecule has 3 N–H and O–H groups in total. The van der Waals surface area contributed by atoms with Crippen molar-refractivity contribution in [3.8, 4) is 0 Å². The fourth-order valence-corrected chi connectivity index (χ4v) is 0.203. The first-order valence-electron chi connectivity index (χ1n) is 2.53. The van der Waals surface area contributed by atoms with Crippen LogP contribution < -0.4 is 5.73 Å². The van der Waals surface area contributed by atoms with Gasteiger partial charge in [-0.2, -0.15) is 0 Å². The summed E-state index contributed by atoms with van der Waals surface area (Å²) in [5.41, 5.74) is 4.39. The van der Waals surface area contributed by atoms with Gasteiger partial charge in [-0.1, -0.05) is 0 Å². The standard InChI is InChI=1S/C4H8O2.CH4N2/c1-3-6-4(2)5;2-1-3/h3H2,1-2H3;1H,(H3,2,3). The number of hydrogen-bond donors (Lipinski definition) is 2. The SMILES string of the molecule is CCOC(C)=O.N=CN. The summed E-state index contributed by atoms with van der Waals surface area (Å²) in [7, 11) is 0. The zero-order chi connectivity index (χ0) is 7.70. The molecule has 0 atom stereocenters. The molecule has 0 aromatic rings. The van der Waals surface area contributed by atoms with Crippen molar-refractivity contribution in [3.63, 3.8) is 0 Å². The second-order valence-electron chi connectivity index (χ2n) is 1.09. The van der Waals surface area contributed by atoms with Crippen LogP contribution in [0, 0.1) is 5.41 Å². The Kier molecular flexibility index (Phi) is 12.1. The summed E-state index contributed by atoms with van der Waals surface area (Å²) < 4.78 is 4.40. The first-order valence-corrected chi connectivity index (χ1v) is 2.53. The molecule has 0 aromatic heterocycles. The number of nitrogens with one attached hydrogen (secondary N) is 1. The number of carbonyl (C=O) groups excluding carboxylic acids is 1. The van der Waals surface area contributed by atoms with E-state index < -0.39 is 0 Å². The number of carbonyl (C=O) groups is 1. The molecule has 0 aliphatic rings. The van der Waals surface area contributed by atoms with Crippen LogP contribution in [-0.4, -0.2) is 18.9 Å². The molecule has 0 saturated carbocycles. The van der Waals surface area contributed by atoms with Crippen LogP contribution in [0.3, 0.4) is 0 Å². The maximum Gasteiger partial charge on any atom is 0.302 e. The molecule has 0 aliphatic carbocycles. The van der Waals surface area contributed by atoms with Gasteiger partial charge >= 0.3 is 5.97 Å². The van der Waals surface area contributed by atoms with Gasteiger partial charge in [-0.15, -0.1) is 0 Å². The molecule has 0 rings (SSSR count). The van der Waals surface area contributed by atoms with E-state index in [0.717, 1.165) is 6.34 Å². The van der Waals surface area contributed by atoms with Crippen LogP contribution in [0.25, 0.3) is 0 Å². The second-order valence-corrected chi connectivity index (χ2v) is 1.09. The third-order valence-corrected chi connectivity index (χ3v) is 0.348. The zero-order valence-corrected chi connectivity index (χ0v) is 5.68. The Hall–Kier alpha value is -1.06. The van der Waals surface area contributed by atoms with Crippen LogP contribution in [-0.2, 0) is 9.53 Å². The molecule has 4 heteroatoms. The van der Waals surface area contributed by atoms with Crippen LogP contribution in [0.15, 0.2) is 0 Å². The molecule has 0 spiro atoms. The summed E-state index contributed by atoms with van der Waals surface area (Å²) in [6, 6.07) is 0. The first kappa shape index (κ1) is 10.8. The molecule has 0 radical (unpaired) electrons. The van der Waals surface area contributed by atoms with Gasteiger partial charge in [-0.05, 0) is 6.92 Å². The van der Waals surface area contributed by atoms with E-state index >= 15 is 0 Å². The van der Waals surface area contributed by atoms with E-state index in [1.54, 1.807) is 6.92 Å². The zero-order valence-electron chi connectivity index (χ0n) is 5.68. The predicted octanol–water partition coefficient (Wildman–Crippen LogP) is 0.122. The van der Waals surface area contributed by atoms with Gasteiger partial charge in [0, 0.05) is 6.92 Å². The minimum Gasteiger partial charge on any atom is -0.466 e. The summed E-state index contributed by atoms with van der Waals surface area (Å²) in [6.45, 7) is 3.65. The lowest BCUT2D eigenvalue weighted by atomic mass is 10.8. The van der Waals surface area contributed by atoms with E-state index in [-0.39, 0.29) is 5.97 Å². The summed E-state index contributed by atoms with van der Waals surface area (Å²) >= 11 is 0. The van der Waals surface area contributed by atoms with Crippen LogP contribution in [0.2, 0.25) is 0 Å². The Balaban J connectivity index is 0. The average Bonchev–Trinajstić information content (AvgIpc) is 1.67. The molecule has 0 saturated heterocycles. The third-order valence-electron chi connectivity index (χ3n) is 0.348.